The first-order valence-electron chi connectivity index (χ1n) is 5.15. The van der Waals surface area contributed by atoms with E-state index in [1.165, 1.54) is 19.3 Å². The third kappa shape index (κ3) is 3.88. The van der Waals surface area contributed by atoms with E-state index >= 15 is 0 Å². The summed E-state index contributed by atoms with van der Waals surface area (Å²) in [5, 5.41) is 16.8. The Hall–Kier alpha value is -0.220. The molecule has 0 amide bonds. The second kappa shape index (κ2) is 6.30. The van der Waals surface area contributed by atoms with E-state index in [9.17, 15) is 4.79 Å². The maximum atomic E-state index is 10.2. The van der Waals surface area contributed by atoms with Gasteiger partial charge in [-0.3, -0.25) is 4.79 Å². The van der Waals surface area contributed by atoms with E-state index in [0.717, 1.165) is 17.9 Å². The number of aliphatic carboxylic acids is 1. The van der Waals surface area contributed by atoms with Crippen LogP contribution < -0.4 is 0 Å². The predicted octanol–water partition coefficient (Wildman–Crippen LogP) is 1.60. The Morgan fingerprint density at radius 3 is 2.21 bits per heavy atom. The van der Waals surface area contributed by atoms with Gasteiger partial charge in [0.05, 0.1) is 5.92 Å². The van der Waals surface area contributed by atoms with Gasteiger partial charge in [-0.05, 0) is 30.9 Å². The molecule has 2 N–H and O–H groups in total. The normalized spacial score (nSPS) is 26.2. The number of carbonyl (C=O) groups is 1. The first-order valence-corrected chi connectivity index (χ1v) is 6.31. The minimum Gasteiger partial charge on any atom is -0.481 e. The Labute approximate surface area is 88.9 Å². The summed E-state index contributed by atoms with van der Waals surface area (Å²) in [6.07, 6.45) is 4.72. The Bertz CT molecular complexity index is 171. The monoisotopic (exact) mass is 218 g/mol. The largest absolute Gasteiger partial charge is 0.481 e. The zero-order valence-corrected chi connectivity index (χ0v) is 9.13. The zero-order chi connectivity index (χ0) is 10.4. The molecule has 1 aliphatic carbocycles. The third-order valence-electron chi connectivity index (χ3n) is 2.76. The van der Waals surface area contributed by atoms with Crippen LogP contribution in [0.4, 0.5) is 0 Å². The quantitative estimate of drug-likeness (QED) is 0.739. The summed E-state index contributed by atoms with van der Waals surface area (Å²) in [5.41, 5.74) is 0. The zero-order valence-electron chi connectivity index (χ0n) is 8.32. The molecule has 0 aromatic carbocycles. The molecule has 0 bridgehead atoms. The van der Waals surface area contributed by atoms with E-state index in [0.29, 0.717) is 12.5 Å². The van der Waals surface area contributed by atoms with Crippen LogP contribution in [0.25, 0.3) is 0 Å². The van der Waals surface area contributed by atoms with E-state index in [4.69, 9.17) is 10.2 Å². The van der Waals surface area contributed by atoms with Crippen molar-refractivity contribution in [3.8, 4) is 0 Å². The van der Waals surface area contributed by atoms with Gasteiger partial charge < -0.3 is 10.2 Å². The van der Waals surface area contributed by atoms with Crippen LogP contribution in [0.1, 0.15) is 25.7 Å². The average Bonchev–Trinajstić information content (AvgIpc) is 2.54. The first kappa shape index (κ1) is 11.9. The molecule has 0 aromatic heterocycles. The van der Waals surface area contributed by atoms with Crippen molar-refractivity contribution >= 4 is 17.7 Å². The standard InChI is InChI=1S/C5H8O2S.C5H10O/c6-5(7)4-1-2-8-3-4;6-4-5-2-1-3-5/h4H,1-3H2,(H,6,7);5-6H,1-4H2. The fraction of sp³-hybridized carbons (Fsp3) is 0.900. The van der Waals surface area contributed by atoms with Crippen LogP contribution in [-0.2, 0) is 4.79 Å². The summed E-state index contributed by atoms with van der Waals surface area (Å²) in [4.78, 5) is 10.2. The Kier molecular flexibility index (Phi) is 5.33. The van der Waals surface area contributed by atoms with Crippen molar-refractivity contribution in [1.29, 1.82) is 0 Å². The van der Waals surface area contributed by atoms with Crippen LogP contribution in [0.3, 0.4) is 0 Å². The summed E-state index contributed by atoms with van der Waals surface area (Å²) in [7, 11) is 0. The predicted molar refractivity (Wildman–Crippen MR) is 57.5 cm³/mol. The lowest BCUT2D eigenvalue weighted by molar-refractivity contribution is -0.140. The summed E-state index contributed by atoms with van der Waals surface area (Å²) >= 11 is 1.73. The molecule has 1 saturated heterocycles. The molecule has 0 spiro atoms. The third-order valence-corrected chi connectivity index (χ3v) is 3.92. The summed E-state index contributed by atoms with van der Waals surface area (Å²) in [6.45, 7) is 0.417. The van der Waals surface area contributed by atoms with Crippen LogP contribution in [0.5, 0.6) is 0 Å². The maximum absolute atomic E-state index is 10.2. The molecule has 1 aliphatic heterocycles. The second-order valence-corrected chi connectivity index (χ2v) is 5.03. The maximum Gasteiger partial charge on any atom is 0.307 e. The Balaban J connectivity index is 0.000000146. The van der Waals surface area contributed by atoms with Crippen molar-refractivity contribution < 1.29 is 15.0 Å². The van der Waals surface area contributed by atoms with Crippen molar-refractivity contribution in [3.05, 3.63) is 0 Å². The van der Waals surface area contributed by atoms with E-state index in [1.807, 2.05) is 0 Å². The Morgan fingerprint density at radius 2 is 2.07 bits per heavy atom. The molecule has 4 heteroatoms. The number of hydrogen-bond donors (Lipinski definition) is 2. The van der Waals surface area contributed by atoms with Gasteiger partial charge in [0.1, 0.15) is 0 Å². The van der Waals surface area contributed by atoms with Crippen LogP contribution >= 0.6 is 11.8 Å². The highest BCUT2D eigenvalue weighted by Crippen LogP contribution is 2.24. The number of carboxylic acid groups (broad SMARTS) is 1. The molecule has 0 radical (unpaired) electrons. The first-order chi connectivity index (χ1) is 6.74. The molecule has 2 fully saturated rings. The second-order valence-electron chi connectivity index (χ2n) is 3.88. The summed E-state index contributed by atoms with van der Waals surface area (Å²) in [5.74, 6) is 1.83. The van der Waals surface area contributed by atoms with Crippen LogP contribution in [0.2, 0.25) is 0 Å². The van der Waals surface area contributed by atoms with Gasteiger partial charge in [-0.25, -0.2) is 0 Å². The summed E-state index contributed by atoms with van der Waals surface area (Å²) in [6, 6.07) is 0. The van der Waals surface area contributed by atoms with Gasteiger partial charge >= 0.3 is 5.97 Å². The molecule has 2 aliphatic rings. The van der Waals surface area contributed by atoms with Crippen molar-refractivity contribution in [2.45, 2.75) is 25.7 Å². The molecule has 0 aromatic rings. The van der Waals surface area contributed by atoms with Crippen LogP contribution in [0.15, 0.2) is 0 Å². The number of rotatable bonds is 2. The minimum atomic E-state index is -0.630. The molecule has 1 saturated carbocycles. The average molecular weight is 218 g/mol. The van der Waals surface area contributed by atoms with Gasteiger partial charge in [-0.15, -0.1) is 0 Å². The van der Waals surface area contributed by atoms with Gasteiger partial charge in [0.25, 0.3) is 0 Å². The van der Waals surface area contributed by atoms with Crippen molar-refractivity contribution in [2.75, 3.05) is 18.1 Å². The smallest absolute Gasteiger partial charge is 0.307 e. The number of thioether (sulfide) groups is 1. The highest BCUT2D eigenvalue weighted by atomic mass is 32.2. The van der Waals surface area contributed by atoms with Gasteiger partial charge in [0.15, 0.2) is 0 Å². The molecule has 1 heterocycles. The number of aliphatic hydroxyl groups is 1. The molecule has 1 atom stereocenters. The molecule has 1 unspecified atom stereocenters. The van der Waals surface area contributed by atoms with Crippen molar-refractivity contribution in [3.63, 3.8) is 0 Å². The van der Waals surface area contributed by atoms with E-state index in [2.05, 4.69) is 0 Å². The topological polar surface area (TPSA) is 57.5 Å². The van der Waals surface area contributed by atoms with Crippen LogP contribution in [0, 0.1) is 11.8 Å². The van der Waals surface area contributed by atoms with Crippen molar-refractivity contribution in [1.82, 2.24) is 0 Å². The summed E-state index contributed by atoms with van der Waals surface area (Å²) < 4.78 is 0. The van der Waals surface area contributed by atoms with E-state index < -0.39 is 5.97 Å². The van der Waals surface area contributed by atoms with Crippen LogP contribution in [-0.4, -0.2) is 34.3 Å². The minimum absolute atomic E-state index is 0.0556. The molecular formula is C10H18O3S. The Morgan fingerprint density at radius 1 is 1.36 bits per heavy atom. The molecular weight excluding hydrogens is 200 g/mol. The van der Waals surface area contributed by atoms with Gasteiger partial charge in [-0.1, -0.05) is 6.42 Å². The van der Waals surface area contributed by atoms with E-state index in [-0.39, 0.29) is 5.92 Å². The molecule has 2 rings (SSSR count). The number of aliphatic hydroxyl groups excluding tert-OH is 1. The lowest BCUT2D eigenvalue weighted by Gasteiger charge is -2.21. The number of hydrogen-bond acceptors (Lipinski definition) is 3. The van der Waals surface area contributed by atoms with E-state index in [1.54, 1.807) is 11.8 Å². The fourth-order valence-electron chi connectivity index (χ4n) is 1.40. The molecule has 14 heavy (non-hydrogen) atoms. The lowest BCUT2D eigenvalue weighted by atomic mass is 9.86. The van der Waals surface area contributed by atoms with Gasteiger partial charge in [-0.2, -0.15) is 11.8 Å². The highest BCUT2D eigenvalue weighted by Gasteiger charge is 2.21. The fourth-order valence-corrected chi connectivity index (χ4v) is 2.62. The molecule has 3 nitrogen and oxygen atoms in total. The van der Waals surface area contributed by atoms with Gasteiger partial charge in [0, 0.05) is 12.4 Å². The molecule has 82 valence electrons. The highest BCUT2D eigenvalue weighted by molar-refractivity contribution is 7.99. The SMILES string of the molecule is O=C(O)C1CCSC1.OCC1CCC1. The number of carboxylic acids is 1. The van der Waals surface area contributed by atoms with Gasteiger partial charge in [0.2, 0.25) is 0 Å². The van der Waals surface area contributed by atoms with Crippen molar-refractivity contribution in [2.24, 2.45) is 11.8 Å². The lowest BCUT2D eigenvalue weighted by Crippen LogP contribution is -2.14.